The summed E-state index contributed by atoms with van der Waals surface area (Å²) in [6.07, 6.45) is 5.94. The van der Waals surface area contributed by atoms with Crippen LogP contribution in [0.1, 0.15) is 52.9 Å². The number of rotatable bonds is 6. The van der Waals surface area contributed by atoms with E-state index in [1.807, 2.05) is 6.92 Å². The van der Waals surface area contributed by atoms with Gasteiger partial charge in [0, 0.05) is 6.54 Å². The minimum absolute atomic E-state index is 0.000993. The molecule has 2 N–H and O–H groups in total. The van der Waals surface area contributed by atoms with Crippen LogP contribution in [0.2, 0.25) is 0 Å². The normalized spacial score (nSPS) is 19.3. The summed E-state index contributed by atoms with van der Waals surface area (Å²) in [5.74, 6) is 0.493. The highest BCUT2D eigenvalue weighted by atomic mass is 16.3. The molecule has 0 bridgehead atoms. The highest BCUT2D eigenvalue weighted by molar-refractivity contribution is 5.78. The lowest BCUT2D eigenvalue weighted by atomic mass is 9.77. The zero-order valence-corrected chi connectivity index (χ0v) is 11.5. The summed E-state index contributed by atoms with van der Waals surface area (Å²) in [7, 11) is 0. The van der Waals surface area contributed by atoms with Crippen LogP contribution in [0, 0.1) is 17.3 Å². The first-order valence-corrected chi connectivity index (χ1v) is 6.89. The molecule has 0 heterocycles. The molecule has 3 heteroatoms. The molecule has 3 nitrogen and oxygen atoms in total. The molecule has 0 saturated heterocycles. The summed E-state index contributed by atoms with van der Waals surface area (Å²) in [4.78, 5) is 11.8. The van der Waals surface area contributed by atoms with Gasteiger partial charge in [-0.1, -0.05) is 33.6 Å². The van der Waals surface area contributed by atoms with Gasteiger partial charge >= 0.3 is 0 Å². The average Bonchev–Trinajstić information content (AvgIpc) is 2.82. The van der Waals surface area contributed by atoms with E-state index in [-0.39, 0.29) is 23.8 Å². The van der Waals surface area contributed by atoms with Crippen LogP contribution in [0.15, 0.2) is 0 Å². The molecule has 0 aromatic rings. The Balaban J connectivity index is 2.40. The molecule has 1 saturated carbocycles. The predicted octanol–water partition coefficient (Wildman–Crippen LogP) is 2.34. The van der Waals surface area contributed by atoms with Crippen LogP contribution in [-0.2, 0) is 4.79 Å². The molecule has 0 aromatic heterocycles. The number of aliphatic hydroxyl groups is 1. The summed E-state index contributed by atoms with van der Waals surface area (Å²) >= 11 is 0. The molecule has 0 radical (unpaired) electrons. The smallest absolute Gasteiger partial charge is 0.225 e. The molecule has 0 aromatic carbocycles. The molecule has 17 heavy (non-hydrogen) atoms. The van der Waals surface area contributed by atoms with Crippen LogP contribution < -0.4 is 5.32 Å². The van der Waals surface area contributed by atoms with Crippen molar-refractivity contribution in [1.29, 1.82) is 0 Å². The highest BCUT2D eigenvalue weighted by Crippen LogP contribution is 2.39. The van der Waals surface area contributed by atoms with Crippen LogP contribution >= 0.6 is 0 Å². The van der Waals surface area contributed by atoms with Gasteiger partial charge in [-0.15, -0.1) is 0 Å². The van der Waals surface area contributed by atoms with Gasteiger partial charge in [-0.25, -0.2) is 0 Å². The fraction of sp³-hybridized carbons (Fsp3) is 0.929. The van der Waals surface area contributed by atoms with Crippen LogP contribution in [0.3, 0.4) is 0 Å². The van der Waals surface area contributed by atoms with Gasteiger partial charge in [0.1, 0.15) is 0 Å². The lowest BCUT2D eigenvalue weighted by Gasteiger charge is -2.32. The lowest BCUT2D eigenvalue weighted by molar-refractivity contribution is -0.126. The maximum Gasteiger partial charge on any atom is 0.225 e. The van der Waals surface area contributed by atoms with E-state index >= 15 is 0 Å². The molecule has 1 aliphatic carbocycles. The fourth-order valence-electron chi connectivity index (χ4n) is 2.71. The van der Waals surface area contributed by atoms with Crippen molar-refractivity contribution in [2.24, 2.45) is 17.3 Å². The van der Waals surface area contributed by atoms with Gasteiger partial charge in [0.2, 0.25) is 5.91 Å². The second-order valence-electron chi connectivity index (χ2n) is 5.98. The minimum Gasteiger partial charge on any atom is -0.396 e. The van der Waals surface area contributed by atoms with Gasteiger partial charge in [0.25, 0.3) is 0 Å². The number of hydrogen-bond acceptors (Lipinski definition) is 2. The van der Waals surface area contributed by atoms with Gasteiger partial charge < -0.3 is 10.4 Å². The fourth-order valence-corrected chi connectivity index (χ4v) is 2.71. The monoisotopic (exact) mass is 241 g/mol. The maximum absolute atomic E-state index is 11.8. The van der Waals surface area contributed by atoms with Crippen molar-refractivity contribution >= 4 is 5.91 Å². The van der Waals surface area contributed by atoms with Crippen LogP contribution in [0.4, 0.5) is 0 Å². The first-order chi connectivity index (χ1) is 8.01. The SMILES string of the molecule is CCC(CO)C(=O)NCC(C)(C)C1CCCC1. The standard InChI is InChI=1S/C14H27NO2/c1-4-11(9-16)13(17)15-10-14(2,3)12-7-5-6-8-12/h11-12,16H,4-10H2,1-3H3,(H,15,17). The Bertz CT molecular complexity index is 241. The molecule has 1 atom stereocenters. The molecule has 1 unspecified atom stereocenters. The number of aliphatic hydroxyl groups excluding tert-OH is 1. The van der Waals surface area contributed by atoms with Crippen molar-refractivity contribution in [3.05, 3.63) is 0 Å². The number of amides is 1. The Morgan fingerprint density at radius 2 is 2.00 bits per heavy atom. The van der Waals surface area contributed by atoms with E-state index in [2.05, 4.69) is 19.2 Å². The molecular weight excluding hydrogens is 214 g/mol. The largest absolute Gasteiger partial charge is 0.396 e. The van der Waals surface area contributed by atoms with Crippen molar-refractivity contribution in [3.8, 4) is 0 Å². The van der Waals surface area contributed by atoms with E-state index in [1.54, 1.807) is 0 Å². The van der Waals surface area contributed by atoms with Crippen molar-refractivity contribution in [3.63, 3.8) is 0 Å². The van der Waals surface area contributed by atoms with Crippen LogP contribution in [0.25, 0.3) is 0 Å². The summed E-state index contributed by atoms with van der Waals surface area (Å²) in [6.45, 7) is 7.09. The Morgan fingerprint density at radius 3 is 2.47 bits per heavy atom. The lowest BCUT2D eigenvalue weighted by Crippen LogP contribution is -2.41. The summed E-state index contributed by atoms with van der Waals surface area (Å²) in [6, 6.07) is 0. The van der Waals surface area contributed by atoms with E-state index in [9.17, 15) is 4.79 Å². The van der Waals surface area contributed by atoms with Crippen molar-refractivity contribution in [2.75, 3.05) is 13.2 Å². The van der Waals surface area contributed by atoms with Gasteiger partial charge in [-0.2, -0.15) is 0 Å². The molecule has 1 amide bonds. The molecule has 1 aliphatic rings. The van der Waals surface area contributed by atoms with E-state index in [4.69, 9.17) is 5.11 Å². The third-order valence-electron chi connectivity index (χ3n) is 4.26. The minimum atomic E-state index is -0.241. The second-order valence-corrected chi connectivity index (χ2v) is 5.98. The first-order valence-electron chi connectivity index (χ1n) is 6.89. The third-order valence-corrected chi connectivity index (χ3v) is 4.26. The summed E-state index contributed by atoms with van der Waals surface area (Å²) < 4.78 is 0. The van der Waals surface area contributed by atoms with Crippen molar-refractivity contribution in [1.82, 2.24) is 5.32 Å². The molecule has 1 fully saturated rings. The Hall–Kier alpha value is -0.570. The third kappa shape index (κ3) is 3.98. The molecule has 1 rings (SSSR count). The number of carbonyl (C=O) groups is 1. The Kier molecular flexibility index (Phi) is 5.44. The number of nitrogens with one attached hydrogen (secondary N) is 1. The topological polar surface area (TPSA) is 49.3 Å². The van der Waals surface area contributed by atoms with Gasteiger partial charge in [0.05, 0.1) is 12.5 Å². The van der Waals surface area contributed by atoms with Gasteiger partial charge in [-0.3, -0.25) is 4.79 Å². The molecule has 100 valence electrons. The number of hydrogen-bond donors (Lipinski definition) is 2. The second kappa shape index (κ2) is 6.39. The van der Waals surface area contributed by atoms with Gasteiger partial charge in [0.15, 0.2) is 0 Å². The Morgan fingerprint density at radius 1 is 1.41 bits per heavy atom. The van der Waals surface area contributed by atoms with E-state index in [1.165, 1.54) is 25.7 Å². The van der Waals surface area contributed by atoms with E-state index < -0.39 is 0 Å². The number of carbonyl (C=O) groups excluding carboxylic acids is 1. The molecule has 0 aliphatic heterocycles. The predicted molar refractivity (Wildman–Crippen MR) is 69.6 cm³/mol. The summed E-state index contributed by atoms with van der Waals surface area (Å²) in [5.41, 5.74) is 0.180. The first kappa shape index (κ1) is 14.5. The van der Waals surface area contributed by atoms with Crippen molar-refractivity contribution in [2.45, 2.75) is 52.9 Å². The van der Waals surface area contributed by atoms with E-state index in [0.717, 1.165) is 12.5 Å². The maximum atomic E-state index is 11.8. The molecular formula is C14H27NO2. The quantitative estimate of drug-likeness (QED) is 0.750. The van der Waals surface area contributed by atoms with Crippen LogP contribution in [-0.4, -0.2) is 24.2 Å². The highest BCUT2D eigenvalue weighted by Gasteiger charge is 2.32. The van der Waals surface area contributed by atoms with Crippen LogP contribution in [0.5, 0.6) is 0 Å². The average molecular weight is 241 g/mol. The summed E-state index contributed by atoms with van der Waals surface area (Å²) in [5, 5.41) is 12.1. The molecule has 0 spiro atoms. The van der Waals surface area contributed by atoms with Crippen molar-refractivity contribution < 1.29 is 9.90 Å². The Labute approximate surface area is 105 Å². The van der Waals surface area contributed by atoms with E-state index in [0.29, 0.717) is 6.42 Å². The zero-order valence-electron chi connectivity index (χ0n) is 11.5. The zero-order chi connectivity index (χ0) is 12.9. The van der Waals surface area contributed by atoms with Gasteiger partial charge in [-0.05, 0) is 30.6 Å².